The molecule has 2 rings (SSSR count). The van der Waals surface area contributed by atoms with Crippen molar-refractivity contribution in [1.82, 2.24) is 10.3 Å². The fourth-order valence-electron chi connectivity index (χ4n) is 2.68. The Bertz CT molecular complexity index is 435. The fraction of sp³-hybridized carbons (Fsp3) is 0.812. The van der Waals surface area contributed by atoms with Crippen LogP contribution in [0.4, 0.5) is 5.13 Å². The van der Waals surface area contributed by atoms with Gasteiger partial charge in [-0.2, -0.15) is 0 Å². The molecule has 2 unspecified atom stereocenters. The Morgan fingerprint density at radius 2 is 2.33 bits per heavy atom. The molecule has 0 saturated carbocycles. The number of rotatable bonds is 8. The first-order valence-corrected chi connectivity index (χ1v) is 8.91. The molecule has 1 N–H and O–H groups in total. The normalized spacial score (nSPS) is 20.2. The average Bonchev–Trinajstić information content (AvgIpc) is 3.09. The summed E-state index contributed by atoms with van der Waals surface area (Å²) in [4.78, 5) is 8.83. The van der Waals surface area contributed by atoms with Crippen molar-refractivity contribution in [3.05, 3.63) is 10.6 Å². The van der Waals surface area contributed by atoms with E-state index < -0.39 is 0 Å². The molecule has 0 aliphatic carbocycles. The number of hydrogen-bond donors (Lipinski definition) is 1. The first kappa shape index (κ1) is 16.7. The molecule has 4 nitrogen and oxygen atoms in total. The van der Waals surface area contributed by atoms with E-state index >= 15 is 0 Å². The zero-order chi connectivity index (χ0) is 15.2. The smallest absolute Gasteiger partial charge is 0.185 e. The van der Waals surface area contributed by atoms with E-state index in [9.17, 15) is 0 Å². The van der Waals surface area contributed by atoms with E-state index in [0.29, 0.717) is 5.92 Å². The van der Waals surface area contributed by atoms with Gasteiger partial charge in [0.2, 0.25) is 0 Å². The van der Waals surface area contributed by atoms with Crippen LogP contribution in [0.5, 0.6) is 0 Å². The third-order valence-corrected chi connectivity index (χ3v) is 5.39. The molecule has 1 aliphatic rings. The van der Waals surface area contributed by atoms with Gasteiger partial charge in [-0.1, -0.05) is 20.8 Å². The van der Waals surface area contributed by atoms with Crippen molar-refractivity contribution in [2.45, 2.75) is 46.1 Å². The van der Waals surface area contributed by atoms with Gasteiger partial charge in [0.15, 0.2) is 5.13 Å². The quantitative estimate of drug-likeness (QED) is 0.748. The van der Waals surface area contributed by atoms with Gasteiger partial charge in [-0.3, -0.25) is 0 Å². The van der Waals surface area contributed by atoms with Crippen molar-refractivity contribution in [3.63, 3.8) is 0 Å². The maximum atomic E-state index is 5.09. The van der Waals surface area contributed by atoms with Gasteiger partial charge in [-0.15, -0.1) is 11.3 Å². The van der Waals surface area contributed by atoms with Crippen molar-refractivity contribution in [2.24, 2.45) is 5.92 Å². The van der Waals surface area contributed by atoms with Crippen LogP contribution in [0.2, 0.25) is 0 Å². The average molecular weight is 311 g/mol. The Balaban J connectivity index is 2.07. The van der Waals surface area contributed by atoms with Crippen molar-refractivity contribution >= 4 is 16.5 Å². The van der Waals surface area contributed by atoms with Crippen LogP contribution in [0.1, 0.15) is 50.1 Å². The molecule has 0 spiro atoms. The van der Waals surface area contributed by atoms with Crippen molar-refractivity contribution in [1.29, 1.82) is 0 Å². The molecule has 21 heavy (non-hydrogen) atoms. The largest absolute Gasteiger partial charge is 0.383 e. The first-order valence-electron chi connectivity index (χ1n) is 8.09. The van der Waals surface area contributed by atoms with Crippen LogP contribution < -0.4 is 10.2 Å². The number of nitrogens with zero attached hydrogens (tertiary/aromatic N) is 2. The van der Waals surface area contributed by atoms with Crippen molar-refractivity contribution in [3.8, 4) is 0 Å². The molecule has 0 aromatic carbocycles. The molecule has 0 amide bonds. The highest BCUT2D eigenvalue weighted by Crippen LogP contribution is 2.34. The Kier molecular flexibility index (Phi) is 6.45. The number of aromatic nitrogens is 1. The highest BCUT2D eigenvalue weighted by molar-refractivity contribution is 7.15. The summed E-state index contributed by atoms with van der Waals surface area (Å²) in [6.07, 6.45) is 2.43. The monoisotopic (exact) mass is 311 g/mol. The number of nitrogens with one attached hydrogen (secondary N) is 1. The summed E-state index contributed by atoms with van der Waals surface area (Å²) >= 11 is 1.87. The summed E-state index contributed by atoms with van der Waals surface area (Å²) in [5.41, 5.74) is 1.29. The van der Waals surface area contributed by atoms with Crippen LogP contribution in [0, 0.1) is 5.92 Å². The number of anilines is 1. The van der Waals surface area contributed by atoms with E-state index in [2.05, 4.69) is 31.0 Å². The zero-order valence-electron chi connectivity index (χ0n) is 13.8. The van der Waals surface area contributed by atoms with Gasteiger partial charge >= 0.3 is 0 Å². The Morgan fingerprint density at radius 1 is 1.52 bits per heavy atom. The third-order valence-electron chi connectivity index (χ3n) is 4.26. The third kappa shape index (κ3) is 4.41. The molecule has 2 atom stereocenters. The summed E-state index contributed by atoms with van der Waals surface area (Å²) in [6, 6.07) is 0. The van der Waals surface area contributed by atoms with Crippen LogP contribution in [-0.4, -0.2) is 38.3 Å². The molecule has 2 heterocycles. The van der Waals surface area contributed by atoms with E-state index in [1.165, 1.54) is 22.1 Å². The molecule has 120 valence electrons. The highest BCUT2D eigenvalue weighted by atomic mass is 32.1. The van der Waals surface area contributed by atoms with E-state index in [-0.39, 0.29) is 0 Å². The lowest BCUT2D eigenvalue weighted by atomic mass is 10.0. The van der Waals surface area contributed by atoms with Crippen LogP contribution in [0.25, 0.3) is 0 Å². The number of thiazole rings is 1. The van der Waals surface area contributed by atoms with Gasteiger partial charge in [0.05, 0.1) is 12.3 Å². The van der Waals surface area contributed by atoms with Gasteiger partial charge in [0.25, 0.3) is 0 Å². The number of ether oxygens (including phenoxy) is 1. The molecule has 1 aromatic heterocycles. The Morgan fingerprint density at radius 3 is 2.95 bits per heavy atom. The molecule has 1 fully saturated rings. The molecule has 5 heteroatoms. The second-order valence-electron chi connectivity index (χ2n) is 6.12. The Hall–Kier alpha value is -0.650. The first-order chi connectivity index (χ1) is 10.2. The summed E-state index contributed by atoms with van der Waals surface area (Å²) in [5, 5.41) is 4.68. The van der Waals surface area contributed by atoms with Gasteiger partial charge in [-0.25, -0.2) is 4.98 Å². The minimum Gasteiger partial charge on any atom is -0.383 e. The topological polar surface area (TPSA) is 37.4 Å². The van der Waals surface area contributed by atoms with Gasteiger partial charge in [0.1, 0.15) is 0 Å². The predicted octanol–water partition coefficient (Wildman–Crippen LogP) is 3.24. The van der Waals surface area contributed by atoms with Crippen LogP contribution in [0.15, 0.2) is 0 Å². The van der Waals surface area contributed by atoms with Gasteiger partial charge < -0.3 is 15.0 Å². The van der Waals surface area contributed by atoms with Crippen LogP contribution >= 0.6 is 11.3 Å². The molecular formula is C16H29N3OS. The number of methoxy groups -OCH3 is 1. The molecule has 1 aromatic rings. The maximum Gasteiger partial charge on any atom is 0.185 e. The predicted molar refractivity (Wildman–Crippen MR) is 90.4 cm³/mol. The van der Waals surface area contributed by atoms with E-state index in [1.807, 2.05) is 11.3 Å². The van der Waals surface area contributed by atoms with Gasteiger partial charge in [0, 0.05) is 38.2 Å². The highest BCUT2D eigenvalue weighted by Gasteiger charge is 2.24. The molecule has 0 bridgehead atoms. The van der Waals surface area contributed by atoms with Crippen molar-refractivity contribution < 1.29 is 4.74 Å². The number of hydrogen-bond acceptors (Lipinski definition) is 5. The lowest BCUT2D eigenvalue weighted by molar-refractivity contribution is 0.199. The SMILES string of the molecule is CCC(C)c1nc(N2CCC(C)C2)sc1CNCCOC. The fourth-order valence-corrected chi connectivity index (χ4v) is 3.86. The second kappa shape index (κ2) is 8.11. The zero-order valence-corrected chi connectivity index (χ0v) is 14.6. The van der Waals surface area contributed by atoms with Gasteiger partial charge in [-0.05, 0) is 24.7 Å². The maximum absolute atomic E-state index is 5.09. The minimum absolute atomic E-state index is 0.536. The van der Waals surface area contributed by atoms with Crippen molar-refractivity contribution in [2.75, 3.05) is 38.3 Å². The summed E-state index contributed by atoms with van der Waals surface area (Å²) in [7, 11) is 1.74. The lowest BCUT2D eigenvalue weighted by Gasteiger charge is -2.13. The lowest BCUT2D eigenvalue weighted by Crippen LogP contribution is -2.18. The molecule has 1 aliphatic heterocycles. The summed E-state index contributed by atoms with van der Waals surface area (Å²) < 4.78 is 5.09. The summed E-state index contributed by atoms with van der Waals surface area (Å²) in [6.45, 7) is 11.7. The second-order valence-corrected chi connectivity index (χ2v) is 7.19. The molecular weight excluding hydrogens is 282 g/mol. The standard InChI is InChI=1S/C16H29N3OS/c1-5-13(3)15-14(10-17-7-9-20-4)21-16(18-15)19-8-6-12(2)11-19/h12-13,17H,5-11H2,1-4H3. The minimum atomic E-state index is 0.536. The van der Waals surface area contributed by atoms with Crippen LogP contribution in [-0.2, 0) is 11.3 Å². The van der Waals surface area contributed by atoms with E-state index in [4.69, 9.17) is 9.72 Å². The van der Waals surface area contributed by atoms with E-state index in [1.54, 1.807) is 7.11 Å². The van der Waals surface area contributed by atoms with Crippen LogP contribution in [0.3, 0.4) is 0 Å². The molecule has 0 radical (unpaired) electrons. The Labute approximate surface area is 132 Å². The molecule has 1 saturated heterocycles. The summed E-state index contributed by atoms with van der Waals surface area (Å²) in [5.74, 6) is 1.33. The van der Waals surface area contributed by atoms with E-state index in [0.717, 1.165) is 45.1 Å².